The largest absolute Gasteiger partial charge is 0.493 e. The first kappa shape index (κ1) is 20.5. The minimum absolute atomic E-state index is 0.252. The molecule has 31 heavy (non-hydrogen) atoms. The van der Waals surface area contributed by atoms with Gasteiger partial charge in [-0.1, -0.05) is 18.2 Å². The third-order valence-corrected chi connectivity index (χ3v) is 5.06. The molecule has 3 aromatic rings. The number of aromatic nitrogens is 1. The average molecular weight is 421 g/mol. The molecule has 1 atom stereocenters. The van der Waals surface area contributed by atoms with Crippen molar-refractivity contribution in [1.29, 1.82) is 0 Å². The predicted molar refractivity (Wildman–Crippen MR) is 116 cm³/mol. The summed E-state index contributed by atoms with van der Waals surface area (Å²) in [6.07, 6.45) is 1.93. The summed E-state index contributed by atoms with van der Waals surface area (Å²) >= 11 is 0. The molecule has 1 aliphatic heterocycles. The van der Waals surface area contributed by atoms with Gasteiger partial charge < -0.3 is 23.9 Å². The van der Waals surface area contributed by atoms with Crippen LogP contribution in [0, 0.1) is 6.92 Å². The van der Waals surface area contributed by atoms with E-state index in [-0.39, 0.29) is 5.78 Å². The number of carbonyl (C=O) groups is 2. The Morgan fingerprint density at radius 3 is 2.74 bits per heavy atom. The number of Topliss-reactive ketones (excluding diaryl/α,β-unsaturated/α-hetero) is 1. The SMILES string of the molecule is COc1cc(/C=C/C(=O)O[C@@H](C)C(=O)c2c(C)[nH]c3ccccc23)cc2c1OCCO2. The molecule has 0 bridgehead atoms. The molecule has 7 heteroatoms. The Hall–Kier alpha value is -3.74. The number of esters is 1. The monoisotopic (exact) mass is 421 g/mol. The molecule has 2 heterocycles. The first-order valence-corrected chi connectivity index (χ1v) is 9.95. The second-order valence-corrected chi connectivity index (χ2v) is 7.19. The van der Waals surface area contributed by atoms with Gasteiger partial charge in [0.15, 0.2) is 17.6 Å². The van der Waals surface area contributed by atoms with Gasteiger partial charge in [-0.15, -0.1) is 0 Å². The van der Waals surface area contributed by atoms with Gasteiger partial charge in [-0.3, -0.25) is 4.79 Å². The number of benzene rings is 2. The maximum Gasteiger partial charge on any atom is 0.331 e. The van der Waals surface area contributed by atoms with E-state index in [9.17, 15) is 9.59 Å². The molecule has 4 rings (SSSR count). The molecule has 0 fully saturated rings. The Morgan fingerprint density at radius 1 is 1.16 bits per heavy atom. The van der Waals surface area contributed by atoms with Crippen LogP contribution in [0.1, 0.15) is 28.5 Å². The number of nitrogens with one attached hydrogen (secondary N) is 1. The average Bonchev–Trinajstić information content (AvgIpc) is 3.12. The highest BCUT2D eigenvalue weighted by Gasteiger charge is 2.24. The summed E-state index contributed by atoms with van der Waals surface area (Å²) in [5, 5.41) is 0.812. The number of carbonyl (C=O) groups excluding carboxylic acids is 2. The van der Waals surface area contributed by atoms with Crippen LogP contribution >= 0.6 is 0 Å². The van der Waals surface area contributed by atoms with E-state index in [1.54, 1.807) is 25.1 Å². The van der Waals surface area contributed by atoms with Crippen LogP contribution in [0.3, 0.4) is 0 Å². The number of ketones is 1. The van der Waals surface area contributed by atoms with Crippen molar-refractivity contribution in [3.8, 4) is 17.2 Å². The van der Waals surface area contributed by atoms with Crippen molar-refractivity contribution in [2.45, 2.75) is 20.0 Å². The van der Waals surface area contributed by atoms with Gasteiger partial charge in [0.1, 0.15) is 13.2 Å². The van der Waals surface area contributed by atoms with Crippen LogP contribution in [-0.2, 0) is 9.53 Å². The maximum atomic E-state index is 12.9. The molecular formula is C24H23NO6. The summed E-state index contributed by atoms with van der Waals surface area (Å²) in [6.45, 7) is 4.30. The summed E-state index contributed by atoms with van der Waals surface area (Å²) in [6, 6.07) is 11.0. The quantitative estimate of drug-likeness (QED) is 0.367. The van der Waals surface area contributed by atoms with E-state index in [4.69, 9.17) is 18.9 Å². The summed E-state index contributed by atoms with van der Waals surface area (Å²) in [5.41, 5.74) is 2.84. The van der Waals surface area contributed by atoms with Crippen molar-refractivity contribution in [2.24, 2.45) is 0 Å². The first-order chi connectivity index (χ1) is 15.0. The highest BCUT2D eigenvalue weighted by atomic mass is 16.6. The van der Waals surface area contributed by atoms with Crippen molar-refractivity contribution < 1.29 is 28.5 Å². The summed E-state index contributed by atoms with van der Waals surface area (Å²) < 4.78 is 21.9. The lowest BCUT2D eigenvalue weighted by molar-refractivity contribution is -0.140. The number of aryl methyl sites for hydroxylation is 1. The van der Waals surface area contributed by atoms with Gasteiger partial charge in [-0.25, -0.2) is 4.79 Å². The predicted octanol–water partition coefficient (Wildman–Crippen LogP) is 4.08. The lowest BCUT2D eigenvalue weighted by Gasteiger charge is -2.20. The minimum Gasteiger partial charge on any atom is -0.493 e. The molecule has 7 nitrogen and oxygen atoms in total. The number of hydrogen-bond donors (Lipinski definition) is 1. The molecule has 0 saturated heterocycles. The molecule has 0 radical (unpaired) electrons. The smallest absolute Gasteiger partial charge is 0.331 e. The van der Waals surface area contributed by atoms with Gasteiger partial charge in [-0.2, -0.15) is 0 Å². The van der Waals surface area contributed by atoms with E-state index in [2.05, 4.69) is 4.98 Å². The molecule has 1 aliphatic rings. The fourth-order valence-corrected chi connectivity index (χ4v) is 3.62. The van der Waals surface area contributed by atoms with E-state index >= 15 is 0 Å². The minimum atomic E-state index is -0.926. The van der Waals surface area contributed by atoms with Crippen molar-refractivity contribution in [3.05, 3.63) is 59.3 Å². The fraction of sp³-hybridized carbons (Fsp3) is 0.250. The maximum absolute atomic E-state index is 12.9. The molecule has 0 aliphatic carbocycles. The molecule has 2 aromatic carbocycles. The van der Waals surface area contributed by atoms with Crippen LogP contribution in [0.4, 0.5) is 0 Å². The number of para-hydroxylation sites is 1. The van der Waals surface area contributed by atoms with Crippen molar-refractivity contribution in [2.75, 3.05) is 20.3 Å². The molecule has 0 unspecified atom stereocenters. The normalized spacial score (nSPS) is 13.9. The summed E-state index contributed by atoms with van der Waals surface area (Å²) in [4.78, 5) is 28.5. The zero-order valence-corrected chi connectivity index (χ0v) is 17.6. The van der Waals surface area contributed by atoms with E-state index < -0.39 is 12.1 Å². The van der Waals surface area contributed by atoms with Crippen LogP contribution in [0.25, 0.3) is 17.0 Å². The van der Waals surface area contributed by atoms with Gasteiger partial charge in [0.25, 0.3) is 0 Å². The second kappa shape index (κ2) is 8.55. The fourth-order valence-electron chi connectivity index (χ4n) is 3.62. The van der Waals surface area contributed by atoms with Crippen LogP contribution in [0.15, 0.2) is 42.5 Å². The van der Waals surface area contributed by atoms with Crippen LogP contribution in [0.5, 0.6) is 17.2 Å². The van der Waals surface area contributed by atoms with Crippen LogP contribution in [-0.4, -0.2) is 43.2 Å². The Labute approximate surface area is 179 Å². The number of fused-ring (bicyclic) bond motifs is 2. The Morgan fingerprint density at radius 2 is 1.94 bits per heavy atom. The lowest BCUT2D eigenvalue weighted by Crippen LogP contribution is -2.24. The standard InChI is InChI=1S/C24H23NO6/c1-14-22(17-6-4-5-7-18(17)25-14)23(27)15(2)31-21(26)9-8-16-12-19(28-3)24-20(13-16)29-10-11-30-24/h4-9,12-13,15,25H,10-11H2,1-3H3/b9-8+/t15-/m0/s1. The Bertz CT molecular complexity index is 1160. The number of aromatic amines is 1. The molecular weight excluding hydrogens is 398 g/mol. The molecule has 0 spiro atoms. The molecule has 1 aromatic heterocycles. The Balaban J connectivity index is 1.48. The third kappa shape index (κ3) is 4.12. The topological polar surface area (TPSA) is 86.9 Å². The number of H-pyrrole nitrogens is 1. The van der Waals surface area contributed by atoms with Crippen LogP contribution in [0.2, 0.25) is 0 Å². The van der Waals surface area contributed by atoms with Gasteiger partial charge in [0, 0.05) is 28.2 Å². The number of hydrogen-bond acceptors (Lipinski definition) is 6. The van der Waals surface area contributed by atoms with Crippen molar-refractivity contribution in [3.63, 3.8) is 0 Å². The van der Waals surface area contributed by atoms with E-state index in [1.165, 1.54) is 13.2 Å². The highest BCUT2D eigenvalue weighted by molar-refractivity contribution is 6.11. The molecule has 0 saturated carbocycles. The summed E-state index contributed by atoms with van der Waals surface area (Å²) in [5.74, 6) is 0.743. The van der Waals surface area contributed by atoms with Gasteiger partial charge in [-0.05, 0) is 43.7 Å². The van der Waals surface area contributed by atoms with Crippen LogP contribution < -0.4 is 14.2 Å². The van der Waals surface area contributed by atoms with Gasteiger partial charge in [0.2, 0.25) is 11.5 Å². The van der Waals surface area contributed by atoms with Crippen molar-refractivity contribution in [1.82, 2.24) is 4.98 Å². The van der Waals surface area contributed by atoms with E-state index in [1.807, 2.05) is 31.2 Å². The van der Waals surface area contributed by atoms with E-state index in [0.717, 1.165) is 16.6 Å². The van der Waals surface area contributed by atoms with Gasteiger partial charge >= 0.3 is 5.97 Å². The summed E-state index contributed by atoms with van der Waals surface area (Å²) in [7, 11) is 1.54. The van der Waals surface area contributed by atoms with Gasteiger partial charge in [0.05, 0.1) is 7.11 Å². The lowest BCUT2D eigenvalue weighted by atomic mass is 10.0. The number of methoxy groups -OCH3 is 1. The molecule has 1 N–H and O–H groups in total. The third-order valence-electron chi connectivity index (χ3n) is 5.06. The second-order valence-electron chi connectivity index (χ2n) is 7.19. The van der Waals surface area contributed by atoms with Crippen molar-refractivity contribution >= 4 is 28.7 Å². The zero-order valence-electron chi connectivity index (χ0n) is 17.6. The number of rotatable bonds is 6. The highest BCUT2D eigenvalue weighted by Crippen LogP contribution is 2.40. The molecule has 0 amide bonds. The van der Waals surface area contributed by atoms with E-state index in [0.29, 0.717) is 41.6 Å². The first-order valence-electron chi connectivity index (χ1n) is 9.95. The number of ether oxygens (including phenoxy) is 4. The zero-order chi connectivity index (χ0) is 22.0. The Kier molecular flexibility index (Phi) is 5.66. The molecule has 160 valence electrons.